The first-order chi connectivity index (χ1) is 13.7. The molecule has 1 fully saturated rings. The van der Waals surface area contributed by atoms with Crippen LogP contribution >= 0.6 is 23.5 Å². The molecule has 28 heavy (non-hydrogen) atoms. The van der Waals surface area contributed by atoms with E-state index in [1.54, 1.807) is 16.3 Å². The number of rotatable bonds is 7. The summed E-state index contributed by atoms with van der Waals surface area (Å²) in [5.41, 5.74) is 1.90. The lowest BCUT2D eigenvalue weighted by atomic mass is 10.2. The lowest BCUT2D eigenvalue weighted by Crippen LogP contribution is -2.33. The number of nitrogens with zero attached hydrogens (tertiary/aromatic N) is 2. The number of ether oxygens (including phenoxy) is 1. The lowest BCUT2D eigenvalue weighted by molar-refractivity contribution is -0.119. The number of thioether (sulfide) groups is 2. The zero-order valence-electron chi connectivity index (χ0n) is 15.6. The minimum atomic E-state index is -0.0594. The molecule has 1 aromatic heterocycles. The molecule has 1 amide bonds. The van der Waals surface area contributed by atoms with Gasteiger partial charge in [-0.1, -0.05) is 42.1 Å². The maximum Gasteiger partial charge on any atom is 0.268 e. The van der Waals surface area contributed by atoms with Gasteiger partial charge in [-0.2, -0.15) is 0 Å². The zero-order valence-corrected chi connectivity index (χ0v) is 17.2. The van der Waals surface area contributed by atoms with Crippen LogP contribution in [0.2, 0.25) is 0 Å². The Labute approximate surface area is 172 Å². The summed E-state index contributed by atoms with van der Waals surface area (Å²) in [6.07, 6.45) is 2.98. The van der Waals surface area contributed by atoms with Gasteiger partial charge in [-0.15, -0.1) is 11.8 Å². The third kappa shape index (κ3) is 4.61. The van der Waals surface area contributed by atoms with Gasteiger partial charge in [0.25, 0.3) is 5.56 Å². The van der Waals surface area contributed by atoms with Crippen molar-refractivity contribution < 1.29 is 9.53 Å². The van der Waals surface area contributed by atoms with Crippen LogP contribution in [0.25, 0.3) is 0 Å². The predicted molar refractivity (Wildman–Crippen MR) is 111 cm³/mol. The Morgan fingerprint density at radius 2 is 2.21 bits per heavy atom. The van der Waals surface area contributed by atoms with Gasteiger partial charge in [-0.25, -0.2) is 4.98 Å². The second kappa shape index (κ2) is 9.15. The van der Waals surface area contributed by atoms with Crippen LogP contribution in [-0.2, 0) is 22.5 Å². The van der Waals surface area contributed by atoms with Crippen LogP contribution in [0.1, 0.15) is 24.1 Å². The molecule has 0 spiro atoms. The Morgan fingerprint density at radius 3 is 3.00 bits per heavy atom. The molecule has 4 rings (SSSR count). The molecule has 1 saturated heterocycles. The Morgan fingerprint density at radius 1 is 1.36 bits per heavy atom. The quantitative estimate of drug-likeness (QED) is 0.551. The van der Waals surface area contributed by atoms with Crippen LogP contribution in [-0.4, -0.2) is 46.2 Å². The third-order valence-corrected chi connectivity index (χ3v) is 6.90. The summed E-state index contributed by atoms with van der Waals surface area (Å²) < 4.78 is 7.24. The van der Waals surface area contributed by atoms with Gasteiger partial charge < -0.3 is 10.1 Å². The number of hydrogen-bond donors (Lipinski definition) is 1. The molecule has 2 aliphatic rings. The molecule has 1 atom stereocenters. The molecule has 0 saturated carbocycles. The summed E-state index contributed by atoms with van der Waals surface area (Å²) in [4.78, 5) is 30.7. The molecule has 2 aliphatic heterocycles. The van der Waals surface area contributed by atoms with Crippen molar-refractivity contribution in [3.8, 4) is 0 Å². The number of amides is 1. The van der Waals surface area contributed by atoms with E-state index in [-0.39, 0.29) is 23.3 Å². The van der Waals surface area contributed by atoms with E-state index in [1.165, 1.54) is 11.8 Å². The number of nitrogens with one attached hydrogen (secondary N) is 1. The van der Waals surface area contributed by atoms with Gasteiger partial charge in [0.15, 0.2) is 5.16 Å². The summed E-state index contributed by atoms with van der Waals surface area (Å²) in [7, 11) is 0. The van der Waals surface area contributed by atoms with Crippen molar-refractivity contribution >= 4 is 29.4 Å². The summed E-state index contributed by atoms with van der Waals surface area (Å²) in [5.74, 6) is 1.06. The maximum atomic E-state index is 13.0. The normalized spacial score (nSPS) is 18.2. The number of fused-ring (bicyclic) bond motifs is 1. The van der Waals surface area contributed by atoms with Gasteiger partial charge in [0.05, 0.1) is 29.0 Å². The standard InChI is InChI=1S/C20H23N3O3S2/c24-17(21-11-15-7-4-9-26-15)13-28-20-22-16-8-10-27-18(16)19(25)23(20)12-14-5-2-1-3-6-14/h1-3,5-6,15H,4,7-13H2,(H,21,24). The van der Waals surface area contributed by atoms with E-state index in [2.05, 4.69) is 5.32 Å². The molecule has 8 heteroatoms. The maximum absolute atomic E-state index is 13.0. The molecule has 148 valence electrons. The number of carbonyl (C=O) groups is 1. The monoisotopic (exact) mass is 417 g/mol. The van der Waals surface area contributed by atoms with Gasteiger partial charge in [0.2, 0.25) is 5.91 Å². The minimum absolute atomic E-state index is 0.00128. The molecule has 1 aromatic carbocycles. The fourth-order valence-electron chi connectivity index (χ4n) is 3.35. The first kappa shape index (κ1) is 19.5. The topological polar surface area (TPSA) is 73.2 Å². The Bertz CT molecular complexity index is 896. The van der Waals surface area contributed by atoms with E-state index in [9.17, 15) is 9.59 Å². The Balaban J connectivity index is 1.48. The highest BCUT2D eigenvalue weighted by atomic mass is 32.2. The summed E-state index contributed by atoms with van der Waals surface area (Å²) in [5, 5.41) is 3.54. The Kier molecular flexibility index (Phi) is 6.39. The van der Waals surface area contributed by atoms with Crippen LogP contribution in [0.5, 0.6) is 0 Å². The Hall–Kier alpha value is -1.77. The third-order valence-electron chi connectivity index (χ3n) is 4.82. The van der Waals surface area contributed by atoms with Gasteiger partial charge in [-0.3, -0.25) is 14.2 Å². The molecule has 0 aliphatic carbocycles. The molecule has 3 heterocycles. The zero-order chi connectivity index (χ0) is 19.3. The number of carbonyl (C=O) groups excluding carboxylic acids is 1. The highest BCUT2D eigenvalue weighted by Gasteiger charge is 2.22. The molecule has 1 unspecified atom stereocenters. The van der Waals surface area contributed by atoms with Crippen LogP contribution in [0, 0.1) is 0 Å². The molecule has 1 N–H and O–H groups in total. The van der Waals surface area contributed by atoms with E-state index in [0.717, 1.165) is 47.8 Å². The number of hydrogen-bond acceptors (Lipinski definition) is 6. The van der Waals surface area contributed by atoms with E-state index in [1.807, 2.05) is 30.3 Å². The first-order valence-electron chi connectivity index (χ1n) is 9.52. The number of aryl methyl sites for hydroxylation is 1. The molecular weight excluding hydrogens is 394 g/mol. The van der Waals surface area contributed by atoms with Gasteiger partial charge in [0.1, 0.15) is 0 Å². The molecule has 6 nitrogen and oxygen atoms in total. The van der Waals surface area contributed by atoms with Gasteiger partial charge in [-0.05, 0) is 18.4 Å². The van der Waals surface area contributed by atoms with E-state index in [0.29, 0.717) is 18.2 Å². The number of aromatic nitrogens is 2. The highest BCUT2D eigenvalue weighted by molar-refractivity contribution is 8.00. The SMILES string of the molecule is O=C(CSc1nc2c(c(=O)n1Cc1ccccc1)SCC2)NCC1CCCO1. The van der Waals surface area contributed by atoms with Crippen LogP contribution in [0.3, 0.4) is 0 Å². The molecule has 0 radical (unpaired) electrons. The molecule has 2 aromatic rings. The molecular formula is C20H23N3O3S2. The highest BCUT2D eigenvalue weighted by Crippen LogP contribution is 2.29. The van der Waals surface area contributed by atoms with Crippen molar-refractivity contribution in [2.45, 2.75) is 42.0 Å². The summed E-state index contributed by atoms with van der Waals surface area (Å²) in [6, 6.07) is 9.87. The van der Waals surface area contributed by atoms with E-state index < -0.39 is 0 Å². The summed E-state index contributed by atoms with van der Waals surface area (Å²) >= 11 is 2.90. The fourth-order valence-corrected chi connectivity index (χ4v) is 5.24. The van der Waals surface area contributed by atoms with Crippen molar-refractivity contribution in [2.75, 3.05) is 24.7 Å². The van der Waals surface area contributed by atoms with Crippen LogP contribution < -0.4 is 10.9 Å². The van der Waals surface area contributed by atoms with Crippen molar-refractivity contribution in [1.82, 2.24) is 14.9 Å². The average molecular weight is 418 g/mol. The predicted octanol–water partition coefficient (Wildman–Crippen LogP) is 2.33. The second-order valence-electron chi connectivity index (χ2n) is 6.87. The van der Waals surface area contributed by atoms with Gasteiger partial charge in [0, 0.05) is 25.3 Å². The van der Waals surface area contributed by atoms with Crippen LogP contribution in [0.15, 0.2) is 45.2 Å². The molecule has 0 bridgehead atoms. The van der Waals surface area contributed by atoms with E-state index in [4.69, 9.17) is 9.72 Å². The van der Waals surface area contributed by atoms with Gasteiger partial charge >= 0.3 is 0 Å². The number of benzene rings is 1. The smallest absolute Gasteiger partial charge is 0.268 e. The van der Waals surface area contributed by atoms with Crippen LogP contribution in [0.4, 0.5) is 0 Å². The van der Waals surface area contributed by atoms with Crippen molar-refractivity contribution in [3.05, 3.63) is 51.9 Å². The largest absolute Gasteiger partial charge is 0.376 e. The summed E-state index contributed by atoms with van der Waals surface area (Å²) in [6.45, 7) is 1.78. The van der Waals surface area contributed by atoms with Crippen molar-refractivity contribution in [1.29, 1.82) is 0 Å². The average Bonchev–Trinajstić information content (AvgIpc) is 3.40. The lowest BCUT2D eigenvalue weighted by Gasteiger charge is -2.14. The minimum Gasteiger partial charge on any atom is -0.376 e. The van der Waals surface area contributed by atoms with Crippen molar-refractivity contribution in [2.24, 2.45) is 0 Å². The fraction of sp³-hybridized carbons (Fsp3) is 0.450. The second-order valence-corrected chi connectivity index (χ2v) is 8.92. The first-order valence-corrected chi connectivity index (χ1v) is 11.5. The van der Waals surface area contributed by atoms with Crippen molar-refractivity contribution in [3.63, 3.8) is 0 Å². The van der Waals surface area contributed by atoms with E-state index >= 15 is 0 Å².